The highest BCUT2D eigenvalue weighted by Crippen LogP contribution is 2.38. The van der Waals surface area contributed by atoms with Gasteiger partial charge in [-0.3, -0.25) is 10.9 Å². The number of methoxy groups -OCH3 is 1. The largest absolute Gasteiger partial charge is 0.497 e. The average molecular weight is 261 g/mol. The zero-order valence-corrected chi connectivity index (χ0v) is 11.6. The molecule has 5 unspecified atom stereocenters. The van der Waals surface area contributed by atoms with Crippen LogP contribution in [0.15, 0.2) is 24.3 Å². The predicted molar refractivity (Wildman–Crippen MR) is 76.0 cm³/mol. The summed E-state index contributed by atoms with van der Waals surface area (Å²) in [6.45, 7) is 2.21. The zero-order valence-electron chi connectivity index (χ0n) is 11.6. The van der Waals surface area contributed by atoms with Crippen molar-refractivity contribution in [3.8, 4) is 5.75 Å². The minimum absolute atomic E-state index is 0.267. The molecule has 1 saturated heterocycles. The number of hydrogen-bond donors (Lipinski definition) is 3. The van der Waals surface area contributed by atoms with Gasteiger partial charge in [-0.1, -0.05) is 12.1 Å². The molecular formula is C15H23N3O. The molecule has 0 radical (unpaired) electrons. The number of hydrazine groups is 1. The molecule has 19 heavy (non-hydrogen) atoms. The quantitative estimate of drug-likeness (QED) is 0.753. The van der Waals surface area contributed by atoms with Crippen molar-refractivity contribution < 1.29 is 4.74 Å². The fraction of sp³-hybridized carbons (Fsp3) is 0.600. The Morgan fingerprint density at radius 2 is 1.89 bits per heavy atom. The maximum Gasteiger partial charge on any atom is 0.118 e. The number of nitrogens with two attached hydrogens (primary N) is 1. The first-order chi connectivity index (χ1) is 9.19. The molecule has 5 atom stereocenters. The monoisotopic (exact) mass is 261 g/mol. The van der Waals surface area contributed by atoms with Gasteiger partial charge in [0.25, 0.3) is 0 Å². The molecule has 0 spiro atoms. The normalized spacial score (nSPS) is 37.9. The molecule has 3 rings (SSSR count). The number of benzene rings is 1. The third-order valence-corrected chi connectivity index (χ3v) is 4.72. The molecule has 104 valence electrons. The van der Waals surface area contributed by atoms with Gasteiger partial charge in [-0.2, -0.15) is 0 Å². The molecule has 0 amide bonds. The van der Waals surface area contributed by atoms with E-state index in [4.69, 9.17) is 10.5 Å². The zero-order chi connectivity index (χ0) is 13.4. The SMILES string of the molecule is COc1ccc(C2CC(N)C3C(C)NNC3C2)cc1. The van der Waals surface area contributed by atoms with E-state index in [0.29, 0.717) is 23.9 Å². The molecule has 0 aromatic heterocycles. The maximum atomic E-state index is 6.39. The Balaban J connectivity index is 1.76. The topological polar surface area (TPSA) is 59.3 Å². The minimum atomic E-state index is 0.267. The lowest BCUT2D eigenvalue weighted by atomic mass is 9.71. The summed E-state index contributed by atoms with van der Waals surface area (Å²) in [6, 6.07) is 9.64. The maximum absolute atomic E-state index is 6.39. The standard InChI is InChI=1S/C15H23N3O/c1-9-15-13(16)7-11(8-14(15)18-17-9)10-3-5-12(19-2)6-4-10/h3-6,9,11,13-15,17-18H,7-8,16H2,1-2H3. The molecule has 0 bridgehead atoms. The summed E-state index contributed by atoms with van der Waals surface area (Å²) in [6.07, 6.45) is 2.23. The first-order valence-electron chi connectivity index (χ1n) is 7.09. The van der Waals surface area contributed by atoms with E-state index in [1.165, 1.54) is 5.56 Å². The van der Waals surface area contributed by atoms with Crippen molar-refractivity contribution in [3.63, 3.8) is 0 Å². The summed E-state index contributed by atoms with van der Waals surface area (Å²) in [4.78, 5) is 0. The molecular weight excluding hydrogens is 238 g/mol. The summed E-state index contributed by atoms with van der Waals surface area (Å²) >= 11 is 0. The van der Waals surface area contributed by atoms with Crippen molar-refractivity contribution >= 4 is 0 Å². The van der Waals surface area contributed by atoms with Crippen LogP contribution in [0.1, 0.15) is 31.2 Å². The molecule has 4 N–H and O–H groups in total. The van der Waals surface area contributed by atoms with Gasteiger partial charge >= 0.3 is 0 Å². The third-order valence-electron chi connectivity index (χ3n) is 4.72. The van der Waals surface area contributed by atoms with E-state index in [0.717, 1.165) is 18.6 Å². The van der Waals surface area contributed by atoms with E-state index in [1.54, 1.807) is 7.11 Å². The first kappa shape index (κ1) is 12.9. The summed E-state index contributed by atoms with van der Waals surface area (Å²) in [5.74, 6) is 2.01. The van der Waals surface area contributed by atoms with Crippen LogP contribution in [0.4, 0.5) is 0 Å². The van der Waals surface area contributed by atoms with E-state index in [-0.39, 0.29) is 6.04 Å². The van der Waals surface area contributed by atoms with Crippen molar-refractivity contribution in [3.05, 3.63) is 29.8 Å². The van der Waals surface area contributed by atoms with Crippen molar-refractivity contribution in [2.75, 3.05) is 7.11 Å². The summed E-state index contributed by atoms with van der Waals surface area (Å²) in [5.41, 5.74) is 14.5. The van der Waals surface area contributed by atoms with E-state index >= 15 is 0 Å². The lowest BCUT2D eigenvalue weighted by Crippen LogP contribution is -2.47. The van der Waals surface area contributed by atoms with Crippen LogP contribution in [-0.4, -0.2) is 25.2 Å². The number of fused-ring (bicyclic) bond motifs is 1. The number of ether oxygens (including phenoxy) is 1. The van der Waals surface area contributed by atoms with Crippen LogP contribution in [0.2, 0.25) is 0 Å². The van der Waals surface area contributed by atoms with Gasteiger partial charge < -0.3 is 10.5 Å². The fourth-order valence-corrected chi connectivity index (χ4v) is 3.70. The van der Waals surface area contributed by atoms with Crippen LogP contribution in [-0.2, 0) is 0 Å². The van der Waals surface area contributed by atoms with E-state index in [9.17, 15) is 0 Å². The van der Waals surface area contributed by atoms with Crippen LogP contribution in [0.5, 0.6) is 5.75 Å². The lowest BCUT2D eigenvalue weighted by Gasteiger charge is -2.37. The first-order valence-corrected chi connectivity index (χ1v) is 7.09. The van der Waals surface area contributed by atoms with Gasteiger partial charge in [0.2, 0.25) is 0 Å². The van der Waals surface area contributed by atoms with Gasteiger partial charge in [0, 0.05) is 24.0 Å². The molecule has 1 aromatic rings. The number of hydrogen-bond acceptors (Lipinski definition) is 4. The Hall–Kier alpha value is -1.10. The molecule has 2 fully saturated rings. The molecule has 2 aliphatic rings. The van der Waals surface area contributed by atoms with Gasteiger partial charge in [0.05, 0.1) is 7.11 Å². The Labute approximate surface area is 114 Å². The van der Waals surface area contributed by atoms with Crippen molar-refractivity contribution in [1.82, 2.24) is 10.9 Å². The van der Waals surface area contributed by atoms with Gasteiger partial charge in [0.15, 0.2) is 0 Å². The second-order valence-electron chi connectivity index (χ2n) is 5.87. The van der Waals surface area contributed by atoms with Gasteiger partial charge in [-0.15, -0.1) is 0 Å². The molecule has 1 saturated carbocycles. The average Bonchev–Trinajstić information content (AvgIpc) is 2.81. The Bertz CT molecular complexity index is 434. The van der Waals surface area contributed by atoms with Gasteiger partial charge in [-0.05, 0) is 43.4 Å². The Morgan fingerprint density at radius 1 is 1.16 bits per heavy atom. The van der Waals surface area contributed by atoms with Gasteiger partial charge in [0.1, 0.15) is 5.75 Å². The number of rotatable bonds is 2. The molecule has 1 heterocycles. The van der Waals surface area contributed by atoms with Crippen LogP contribution < -0.4 is 21.3 Å². The number of nitrogens with one attached hydrogen (secondary N) is 2. The van der Waals surface area contributed by atoms with Crippen LogP contribution in [0.25, 0.3) is 0 Å². The van der Waals surface area contributed by atoms with Crippen molar-refractivity contribution in [2.24, 2.45) is 11.7 Å². The second-order valence-corrected chi connectivity index (χ2v) is 5.87. The lowest BCUT2D eigenvalue weighted by molar-refractivity contribution is 0.246. The summed E-state index contributed by atoms with van der Waals surface area (Å²) < 4.78 is 5.21. The van der Waals surface area contributed by atoms with E-state index < -0.39 is 0 Å². The molecule has 4 heteroatoms. The van der Waals surface area contributed by atoms with Crippen LogP contribution in [0.3, 0.4) is 0 Å². The molecule has 1 aliphatic carbocycles. The molecule has 4 nitrogen and oxygen atoms in total. The van der Waals surface area contributed by atoms with Gasteiger partial charge in [-0.25, -0.2) is 0 Å². The summed E-state index contributed by atoms with van der Waals surface area (Å²) in [5, 5.41) is 0. The fourth-order valence-electron chi connectivity index (χ4n) is 3.70. The van der Waals surface area contributed by atoms with E-state index in [2.05, 4.69) is 29.9 Å². The highest BCUT2D eigenvalue weighted by atomic mass is 16.5. The highest BCUT2D eigenvalue weighted by Gasteiger charge is 2.42. The highest BCUT2D eigenvalue weighted by molar-refractivity contribution is 5.30. The molecule has 1 aliphatic heterocycles. The third kappa shape index (κ3) is 2.36. The van der Waals surface area contributed by atoms with Crippen LogP contribution in [0, 0.1) is 5.92 Å². The molecule has 1 aromatic carbocycles. The van der Waals surface area contributed by atoms with Crippen molar-refractivity contribution in [2.45, 2.75) is 43.8 Å². The Morgan fingerprint density at radius 3 is 2.58 bits per heavy atom. The summed E-state index contributed by atoms with van der Waals surface area (Å²) in [7, 11) is 1.70. The van der Waals surface area contributed by atoms with Crippen LogP contribution >= 0.6 is 0 Å². The Kier molecular flexibility index (Phi) is 3.48. The van der Waals surface area contributed by atoms with Crippen molar-refractivity contribution in [1.29, 1.82) is 0 Å². The smallest absolute Gasteiger partial charge is 0.118 e. The minimum Gasteiger partial charge on any atom is -0.497 e. The van der Waals surface area contributed by atoms with E-state index in [1.807, 2.05) is 12.1 Å². The second kappa shape index (κ2) is 5.12. The predicted octanol–water partition coefficient (Wildman–Crippen LogP) is 1.38.